The van der Waals surface area contributed by atoms with Gasteiger partial charge in [0.05, 0.1) is 17.5 Å². The first-order valence-corrected chi connectivity index (χ1v) is 8.38. The summed E-state index contributed by atoms with van der Waals surface area (Å²) >= 11 is 0. The minimum Gasteiger partial charge on any atom is -0.278 e. The monoisotopic (exact) mass is 359 g/mol. The van der Waals surface area contributed by atoms with Crippen molar-refractivity contribution in [3.05, 3.63) is 71.3 Å². The lowest BCUT2D eigenvalue weighted by atomic mass is 9.94. The molecule has 1 aliphatic heterocycles. The molecule has 0 N–H and O–H groups in total. The molecule has 1 heterocycles. The molecule has 1 saturated heterocycles. The second-order valence-electron chi connectivity index (χ2n) is 6.95. The smallest absolute Gasteiger partial charge is 0.278 e. The maximum absolute atomic E-state index is 13.3. The highest BCUT2D eigenvalue weighted by atomic mass is 19.4. The van der Waals surface area contributed by atoms with E-state index in [1.54, 1.807) is 6.07 Å². The maximum atomic E-state index is 13.3. The van der Waals surface area contributed by atoms with Gasteiger partial charge in [-0.2, -0.15) is 13.2 Å². The average Bonchev–Trinajstić information content (AvgIpc) is 3.29. The molecule has 1 aliphatic carbocycles. The van der Waals surface area contributed by atoms with Gasteiger partial charge in [0.2, 0.25) is 11.8 Å². The fourth-order valence-corrected chi connectivity index (χ4v) is 3.95. The molecule has 2 fully saturated rings. The highest BCUT2D eigenvalue weighted by Crippen LogP contribution is 2.66. The average molecular weight is 359 g/mol. The minimum atomic E-state index is -4.48. The van der Waals surface area contributed by atoms with Crippen LogP contribution in [0, 0.1) is 5.41 Å². The normalized spacial score (nSPS) is 25.2. The van der Waals surface area contributed by atoms with Crippen LogP contribution in [0.5, 0.6) is 0 Å². The van der Waals surface area contributed by atoms with Gasteiger partial charge in [-0.1, -0.05) is 48.5 Å². The van der Waals surface area contributed by atoms with E-state index in [2.05, 4.69) is 0 Å². The topological polar surface area (TPSA) is 37.4 Å². The number of carbonyl (C=O) groups excluding carboxylic acids is 2. The molecule has 1 saturated carbocycles. The van der Waals surface area contributed by atoms with E-state index in [0.29, 0.717) is 0 Å². The number of hydrogen-bond donors (Lipinski definition) is 0. The number of likely N-dealkylation sites (tertiary alicyclic amines) is 1. The number of benzene rings is 2. The molecule has 3 nitrogen and oxygen atoms in total. The second kappa shape index (κ2) is 5.69. The molecule has 2 atom stereocenters. The lowest BCUT2D eigenvalue weighted by Gasteiger charge is -2.16. The van der Waals surface area contributed by atoms with Crippen molar-refractivity contribution >= 4 is 11.8 Å². The highest BCUT2D eigenvalue weighted by molar-refractivity contribution is 6.08. The van der Waals surface area contributed by atoms with Gasteiger partial charge in [-0.05, 0) is 23.6 Å². The van der Waals surface area contributed by atoms with Gasteiger partial charge in [-0.25, -0.2) is 0 Å². The Morgan fingerprint density at radius 2 is 1.65 bits per heavy atom. The van der Waals surface area contributed by atoms with E-state index in [1.165, 1.54) is 17.0 Å². The van der Waals surface area contributed by atoms with Crippen LogP contribution in [0.4, 0.5) is 13.2 Å². The molecule has 2 amide bonds. The third-order valence-electron chi connectivity index (χ3n) is 5.34. The summed E-state index contributed by atoms with van der Waals surface area (Å²) < 4.78 is 39.9. The predicted octanol–water partition coefficient (Wildman–Crippen LogP) is 4.14. The van der Waals surface area contributed by atoms with E-state index in [9.17, 15) is 22.8 Å². The summed E-state index contributed by atoms with van der Waals surface area (Å²) in [5.41, 5.74) is -0.793. The quantitative estimate of drug-likeness (QED) is 0.773. The van der Waals surface area contributed by atoms with Crippen molar-refractivity contribution in [1.82, 2.24) is 4.90 Å². The standard InChI is InChI=1S/C20H16F3NO2/c21-20(22,23)15-9-5-4-8-14(15)16-10-19(16)11-17(25)24(18(19)26)12-13-6-2-1-3-7-13/h1-9,16H,10-12H2/t16-,19?/m1/s1. The van der Waals surface area contributed by atoms with E-state index >= 15 is 0 Å². The first-order chi connectivity index (χ1) is 12.3. The van der Waals surface area contributed by atoms with Gasteiger partial charge in [0, 0.05) is 12.3 Å². The number of nitrogens with zero attached hydrogens (tertiary/aromatic N) is 1. The fraction of sp³-hybridized carbons (Fsp3) is 0.300. The number of imide groups is 1. The van der Waals surface area contributed by atoms with Crippen LogP contribution in [0.25, 0.3) is 0 Å². The number of halogens is 3. The van der Waals surface area contributed by atoms with Gasteiger partial charge in [-0.3, -0.25) is 14.5 Å². The van der Waals surface area contributed by atoms with E-state index in [-0.39, 0.29) is 36.8 Å². The predicted molar refractivity (Wildman–Crippen MR) is 87.9 cm³/mol. The van der Waals surface area contributed by atoms with Gasteiger partial charge in [-0.15, -0.1) is 0 Å². The molecular weight excluding hydrogens is 343 g/mol. The summed E-state index contributed by atoms with van der Waals surface area (Å²) in [7, 11) is 0. The first-order valence-electron chi connectivity index (χ1n) is 8.38. The Bertz CT molecular complexity index is 878. The number of alkyl halides is 3. The number of carbonyl (C=O) groups is 2. The molecule has 2 aromatic carbocycles. The van der Waals surface area contributed by atoms with E-state index < -0.39 is 23.1 Å². The molecule has 2 aromatic rings. The Morgan fingerprint density at radius 3 is 2.35 bits per heavy atom. The zero-order valence-corrected chi connectivity index (χ0v) is 13.8. The molecular formula is C20H16F3NO2. The van der Waals surface area contributed by atoms with E-state index in [0.717, 1.165) is 11.6 Å². The van der Waals surface area contributed by atoms with Gasteiger partial charge in [0.25, 0.3) is 0 Å². The molecule has 0 radical (unpaired) electrons. The molecule has 4 rings (SSSR count). The van der Waals surface area contributed by atoms with Crippen LogP contribution in [0.2, 0.25) is 0 Å². The Labute approximate surface area is 148 Å². The zero-order chi connectivity index (χ0) is 18.5. The maximum Gasteiger partial charge on any atom is 0.416 e. The Kier molecular flexibility index (Phi) is 3.68. The number of amides is 2. The summed E-state index contributed by atoms with van der Waals surface area (Å²) in [5, 5.41) is 0. The van der Waals surface area contributed by atoms with Crippen molar-refractivity contribution in [1.29, 1.82) is 0 Å². The van der Waals surface area contributed by atoms with Gasteiger partial charge < -0.3 is 0 Å². The van der Waals surface area contributed by atoms with E-state index in [4.69, 9.17) is 0 Å². The van der Waals surface area contributed by atoms with Crippen LogP contribution in [0.1, 0.15) is 35.4 Å². The van der Waals surface area contributed by atoms with Crippen molar-refractivity contribution < 1.29 is 22.8 Å². The second-order valence-corrected chi connectivity index (χ2v) is 6.95. The molecule has 2 aliphatic rings. The molecule has 134 valence electrons. The Morgan fingerprint density at radius 1 is 1.00 bits per heavy atom. The lowest BCUT2D eigenvalue weighted by molar-refractivity contribution is -0.141. The molecule has 0 aromatic heterocycles. The van der Waals surface area contributed by atoms with Crippen molar-refractivity contribution in [2.45, 2.75) is 31.5 Å². The SMILES string of the molecule is O=C1CC2(C[C@@H]2c2ccccc2C(F)(F)F)C(=O)N1Cc1ccccc1. The lowest BCUT2D eigenvalue weighted by Crippen LogP contribution is -2.31. The van der Waals surface area contributed by atoms with Crippen LogP contribution in [-0.4, -0.2) is 16.7 Å². The van der Waals surface area contributed by atoms with Gasteiger partial charge in [0.15, 0.2) is 0 Å². The first kappa shape index (κ1) is 16.8. The van der Waals surface area contributed by atoms with Crippen molar-refractivity contribution in [3.8, 4) is 0 Å². The Hall–Kier alpha value is -2.63. The molecule has 26 heavy (non-hydrogen) atoms. The molecule has 0 bridgehead atoms. The van der Waals surface area contributed by atoms with E-state index in [1.807, 2.05) is 30.3 Å². The van der Waals surface area contributed by atoms with Crippen LogP contribution in [-0.2, 0) is 22.3 Å². The molecule has 1 unspecified atom stereocenters. The highest BCUT2D eigenvalue weighted by Gasteiger charge is 2.67. The third kappa shape index (κ3) is 2.60. The van der Waals surface area contributed by atoms with Crippen LogP contribution >= 0.6 is 0 Å². The largest absolute Gasteiger partial charge is 0.416 e. The number of rotatable bonds is 3. The van der Waals surface area contributed by atoms with Crippen molar-refractivity contribution in [2.75, 3.05) is 0 Å². The van der Waals surface area contributed by atoms with Crippen molar-refractivity contribution in [2.24, 2.45) is 5.41 Å². The summed E-state index contributed by atoms with van der Waals surface area (Å²) in [4.78, 5) is 26.4. The third-order valence-corrected chi connectivity index (χ3v) is 5.34. The number of hydrogen-bond acceptors (Lipinski definition) is 2. The summed E-state index contributed by atoms with van der Waals surface area (Å²) in [6.07, 6.45) is -4.21. The van der Waals surface area contributed by atoms with Crippen LogP contribution < -0.4 is 0 Å². The zero-order valence-electron chi connectivity index (χ0n) is 13.8. The fourth-order valence-electron chi connectivity index (χ4n) is 3.95. The Balaban J connectivity index is 1.61. The summed E-state index contributed by atoms with van der Waals surface area (Å²) in [6, 6.07) is 14.4. The molecule has 6 heteroatoms. The van der Waals surface area contributed by atoms with Gasteiger partial charge >= 0.3 is 6.18 Å². The van der Waals surface area contributed by atoms with Crippen molar-refractivity contribution in [3.63, 3.8) is 0 Å². The summed E-state index contributed by atoms with van der Waals surface area (Å²) in [5.74, 6) is -1.23. The molecule has 1 spiro atoms. The van der Waals surface area contributed by atoms with Crippen LogP contribution in [0.15, 0.2) is 54.6 Å². The van der Waals surface area contributed by atoms with Gasteiger partial charge in [0.1, 0.15) is 0 Å². The minimum absolute atomic E-state index is 0.0183. The summed E-state index contributed by atoms with van der Waals surface area (Å²) in [6.45, 7) is 0.161. The van der Waals surface area contributed by atoms with Crippen LogP contribution in [0.3, 0.4) is 0 Å².